The molecule has 0 aliphatic rings. The molecule has 0 bridgehead atoms. The first kappa shape index (κ1) is 10.2. The van der Waals surface area contributed by atoms with Crippen molar-refractivity contribution in [3.05, 3.63) is 22.2 Å². The SMILES string of the molecule is COc1cc(OC)c(F)c(Br)c1F. The number of hydrogen-bond donors (Lipinski definition) is 0. The van der Waals surface area contributed by atoms with E-state index in [2.05, 4.69) is 25.4 Å². The van der Waals surface area contributed by atoms with Crippen LogP contribution < -0.4 is 9.47 Å². The molecule has 13 heavy (non-hydrogen) atoms. The molecule has 2 nitrogen and oxygen atoms in total. The van der Waals surface area contributed by atoms with Crippen LogP contribution in [0.5, 0.6) is 11.5 Å². The van der Waals surface area contributed by atoms with Crippen molar-refractivity contribution in [3.63, 3.8) is 0 Å². The maximum absolute atomic E-state index is 13.1. The van der Waals surface area contributed by atoms with Gasteiger partial charge < -0.3 is 9.47 Å². The fourth-order valence-electron chi connectivity index (χ4n) is 0.856. The Labute approximate surface area is 82.6 Å². The van der Waals surface area contributed by atoms with Crippen molar-refractivity contribution in [2.75, 3.05) is 14.2 Å². The third-order valence-electron chi connectivity index (χ3n) is 1.52. The first-order chi connectivity index (χ1) is 6.11. The van der Waals surface area contributed by atoms with Gasteiger partial charge in [0.05, 0.1) is 18.7 Å². The number of benzene rings is 1. The summed E-state index contributed by atoms with van der Waals surface area (Å²) < 4.78 is 35.3. The largest absolute Gasteiger partial charge is 0.493 e. The molecule has 72 valence electrons. The summed E-state index contributed by atoms with van der Waals surface area (Å²) in [7, 11) is 2.59. The average Bonchev–Trinajstić information content (AvgIpc) is 2.15. The van der Waals surface area contributed by atoms with E-state index in [-0.39, 0.29) is 16.0 Å². The van der Waals surface area contributed by atoms with Gasteiger partial charge in [-0.25, -0.2) is 8.78 Å². The standard InChI is InChI=1S/C8H7BrF2O2/c1-12-4-3-5(13-2)8(11)6(9)7(4)10/h3H,1-2H3. The summed E-state index contributed by atoms with van der Waals surface area (Å²) in [4.78, 5) is 0. The fourth-order valence-corrected chi connectivity index (χ4v) is 1.25. The van der Waals surface area contributed by atoms with Gasteiger partial charge in [0, 0.05) is 6.07 Å². The molecule has 0 heterocycles. The molecule has 0 saturated heterocycles. The van der Waals surface area contributed by atoms with Crippen LogP contribution in [0, 0.1) is 11.6 Å². The molecule has 0 N–H and O–H groups in total. The van der Waals surface area contributed by atoms with Gasteiger partial charge in [0.2, 0.25) is 0 Å². The second-order valence-corrected chi connectivity index (χ2v) is 3.02. The van der Waals surface area contributed by atoms with Crippen molar-refractivity contribution >= 4 is 15.9 Å². The van der Waals surface area contributed by atoms with Crippen molar-refractivity contribution in [3.8, 4) is 11.5 Å². The van der Waals surface area contributed by atoms with Crippen LogP contribution in [-0.2, 0) is 0 Å². The highest BCUT2D eigenvalue weighted by molar-refractivity contribution is 9.10. The number of rotatable bonds is 2. The Kier molecular flexibility index (Phi) is 3.08. The molecule has 0 aliphatic heterocycles. The lowest BCUT2D eigenvalue weighted by Crippen LogP contribution is -1.96. The normalized spacial score (nSPS) is 9.92. The molecule has 0 radical (unpaired) electrons. The second-order valence-electron chi connectivity index (χ2n) is 2.22. The molecule has 1 aromatic carbocycles. The highest BCUT2D eigenvalue weighted by atomic mass is 79.9. The van der Waals surface area contributed by atoms with Gasteiger partial charge in [-0.2, -0.15) is 0 Å². The van der Waals surface area contributed by atoms with Gasteiger partial charge in [-0.05, 0) is 15.9 Å². The zero-order valence-corrected chi connectivity index (χ0v) is 8.61. The molecule has 0 aliphatic carbocycles. The van der Waals surface area contributed by atoms with Crippen LogP contribution in [0.2, 0.25) is 0 Å². The van der Waals surface area contributed by atoms with Crippen LogP contribution in [0.25, 0.3) is 0 Å². The van der Waals surface area contributed by atoms with E-state index >= 15 is 0 Å². The molecule has 0 spiro atoms. The lowest BCUT2D eigenvalue weighted by Gasteiger charge is -2.08. The minimum Gasteiger partial charge on any atom is -0.493 e. The summed E-state index contributed by atoms with van der Waals surface area (Å²) in [5.74, 6) is -1.68. The molecular weight excluding hydrogens is 246 g/mol. The number of ether oxygens (including phenoxy) is 2. The summed E-state index contributed by atoms with van der Waals surface area (Å²) in [5, 5.41) is 0. The molecule has 0 unspecified atom stereocenters. The van der Waals surface area contributed by atoms with Gasteiger partial charge in [-0.1, -0.05) is 0 Å². The number of halogens is 3. The molecule has 0 saturated carbocycles. The van der Waals surface area contributed by atoms with E-state index < -0.39 is 11.6 Å². The number of methoxy groups -OCH3 is 2. The molecular formula is C8H7BrF2O2. The molecule has 1 rings (SSSR count). The Morgan fingerprint density at radius 1 is 1.08 bits per heavy atom. The van der Waals surface area contributed by atoms with E-state index in [0.29, 0.717) is 0 Å². The van der Waals surface area contributed by atoms with Crippen molar-refractivity contribution in [1.29, 1.82) is 0 Å². The summed E-state index contributed by atoms with van der Waals surface area (Å²) in [5.41, 5.74) is 0. The van der Waals surface area contributed by atoms with Crippen LogP contribution in [0.15, 0.2) is 10.5 Å². The third kappa shape index (κ3) is 1.75. The molecule has 0 amide bonds. The van der Waals surface area contributed by atoms with E-state index in [1.54, 1.807) is 0 Å². The van der Waals surface area contributed by atoms with Crippen LogP contribution in [0.1, 0.15) is 0 Å². The molecule has 0 aromatic heterocycles. The van der Waals surface area contributed by atoms with Gasteiger partial charge in [-0.15, -0.1) is 0 Å². The van der Waals surface area contributed by atoms with Crippen LogP contribution in [0.4, 0.5) is 8.78 Å². The van der Waals surface area contributed by atoms with Crippen LogP contribution in [-0.4, -0.2) is 14.2 Å². The highest BCUT2D eigenvalue weighted by Gasteiger charge is 2.17. The Morgan fingerprint density at radius 2 is 1.46 bits per heavy atom. The molecule has 5 heteroatoms. The maximum Gasteiger partial charge on any atom is 0.182 e. The third-order valence-corrected chi connectivity index (χ3v) is 2.22. The second kappa shape index (κ2) is 3.91. The summed E-state index contributed by atoms with van der Waals surface area (Å²) in [6, 6.07) is 1.15. The van der Waals surface area contributed by atoms with Gasteiger partial charge in [-0.3, -0.25) is 0 Å². The average molecular weight is 253 g/mol. The Hall–Kier alpha value is -0.840. The molecule has 0 atom stereocenters. The maximum atomic E-state index is 13.1. The monoisotopic (exact) mass is 252 g/mol. The molecule has 1 aromatic rings. The van der Waals surface area contributed by atoms with E-state index in [1.165, 1.54) is 14.2 Å². The Bertz CT molecular complexity index is 300. The Morgan fingerprint density at radius 3 is 1.77 bits per heavy atom. The van der Waals surface area contributed by atoms with Gasteiger partial charge >= 0.3 is 0 Å². The lowest BCUT2D eigenvalue weighted by atomic mass is 10.3. The lowest BCUT2D eigenvalue weighted by molar-refractivity contribution is 0.355. The first-order valence-corrected chi connectivity index (χ1v) is 4.16. The molecule has 0 fully saturated rings. The van der Waals surface area contributed by atoms with Crippen molar-refractivity contribution in [2.24, 2.45) is 0 Å². The van der Waals surface area contributed by atoms with E-state index in [9.17, 15) is 8.78 Å². The van der Waals surface area contributed by atoms with Gasteiger partial charge in [0.1, 0.15) is 0 Å². The minimum atomic E-state index is -0.777. The Balaban J connectivity index is 3.36. The summed E-state index contributed by atoms with van der Waals surface area (Å²) >= 11 is 2.75. The first-order valence-electron chi connectivity index (χ1n) is 3.37. The summed E-state index contributed by atoms with van der Waals surface area (Å²) in [6.07, 6.45) is 0. The minimum absolute atomic E-state index is 0.0647. The fraction of sp³-hybridized carbons (Fsp3) is 0.250. The van der Waals surface area contributed by atoms with Crippen molar-refractivity contribution < 1.29 is 18.3 Å². The van der Waals surface area contributed by atoms with E-state index in [1.807, 2.05) is 0 Å². The van der Waals surface area contributed by atoms with E-state index in [4.69, 9.17) is 0 Å². The van der Waals surface area contributed by atoms with Crippen molar-refractivity contribution in [2.45, 2.75) is 0 Å². The van der Waals surface area contributed by atoms with Crippen molar-refractivity contribution in [1.82, 2.24) is 0 Å². The van der Waals surface area contributed by atoms with Crippen LogP contribution >= 0.6 is 15.9 Å². The topological polar surface area (TPSA) is 18.5 Å². The zero-order valence-electron chi connectivity index (χ0n) is 7.03. The highest BCUT2D eigenvalue weighted by Crippen LogP contribution is 2.34. The van der Waals surface area contributed by atoms with Gasteiger partial charge in [0.15, 0.2) is 23.1 Å². The van der Waals surface area contributed by atoms with E-state index in [0.717, 1.165) is 6.07 Å². The number of hydrogen-bond acceptors (Lipinski definition) is 2. The summed E-state index contributed by atoms with van der Waals surface area (Å²) in [6.45, 7) is 0. The predicted molar refractivity (Wildman–Crippen MR) is 47.2 cm³/mol. The smallest absolute Gasteiger partial charge is 0.182 e. The van der Waals surface area contributed by atoms with Crippen LogP contribution in [0.3, 0.4) is 0 Å². The zero-order chi connectivity index (χ0) is 10.0. The quantitative estimate of drug-likeness (QED) is 0.754. The van der Waals surface area contributed by atoms with Gasteiger partial charge in [0.25, 0.3) is 0 Å². The predicted octanol–water partition coefficient (Wildman–Crippen LogP) is 2.74.